The van der Waals surface area contributed by atoms with Gasteiger partial charge in [-0.15, -0.1) is 0 Å². The predicted molar refractivity (Wildman–Crippen MR) is 139 cm³/mol. The third-order valence-electron chi connectivity index (χ3n) is 6.91. The standard InChI is InChI=1S/C29H30N2O7/c1-19-11-13-30(14-12-19)29(34)27-10-8-23(38-27)16-31-24-15-20(3-9-26(24)37-18-28(31)33)25(32)17-36-22-6-4-21(35-2)5-7-22/h3-10,15,19H,11-14,16-18H2,1-2H3. The van der Waals surface area contributed by atoms with Crippen molar-refractivity contribution in [1.82, 2.24) is 4.90 Å². The Balaban J connectivity index is 1.28. The Bertz CT molecular complexity index is 1320. The van der Waals surface area contributed by atoms with Crippen molar-refractivity contribution in [2.75, 3.05) is 38.3 Å². The van der Waals surface area contributed by atoms with Crippen LogP contribution < -0.4 is 19.1 Å². The molecule has 38 heavy (non-hydrogen) atoms. The van der Waals surface area contributed by atoms with Gasteiger partial charge in [0.15, 0.2) is 24.8 Å². The van der Waals surface area contributed by atoms with E-state index < -0.39 is 0 Å². The molecule has 1 aromatic heterocycles. The molecule has 0 bridgehead atoms. The zero-order valence-electron chi connectivity index (χ0n) is 21.5. The Hall–Kier alpha value is -4.27. The number of methoxy groups -OCH3 is 1. The van der Waals surface area contributed by atoms with Crippen molar-refractivity contribution in [2.45, 2.75) is 26.3 Å². The lowest BCUT2D eigenvalue weighted by atomic mass is 9.99. The van der Waals surface area contributed by atoms with Gasteiger partial charge < -0.3 is 23.5 Å². The number of nitrogens with zero attached hydrogens (tertiary/aromatic N) is 2. The second-order valence-electron chi connectivity index (χ2n) is 9.58. The maximum atomic E-state index is 12.9. The molecular formula is C29H30N2O7. The van der Waals surface area contributed by atoms with Crippen molar-refractivity contribution in [3.63, 3.8) is 0 Å². The van der Waals surface area contributed by atoms with Crippen molar-refractivity contribution in [3.8, 4) is 17.2 Å². The topological polar surface area (TPSA) is 98.5 Å². The van der Waals surface area contributed by atoms with E-state index in [-0.39, 0.29) is 43.1 Å². The summed E-state index contributed by atoms with van der Waals surface area (Å²) in [6, 6.07) is 15.2. The number of piperidine rings is 1. The zero-order chi connectivity index (χ0) is 26.6. The van der Waals surface area contributed by atoms with Crippen LogP contribution in [0.1, 0.15) is 46.4 Å². The number of anilines is 1. The molecule has 0 unspecified atom stereocenters. The van der Waals surface area contributed by atoms with Crippen LogP contribution in [0.25, 0.3) is 0 Å². The fourth-order valence-corrected chi connectivity index (χ4v) is 4.55. The summed E-state index contributed by atoms with van der Waals surface area (Å²) in [5.41, 5.74) is 0.848. The summed E-state index contributed by atoms with van der Waals surface area (Å²) in [6.07, 6.45) is 1.95. The van der Waals surface area contributed by atoms with Crippen molar-refractivity contribution in [1.29, 1.82) is 0 Å². The summed E-state index contributed by atoms with van der Waals surface area (Å²) in [5, 5.41) is 0. The highest BCUT2D eigenvalue weighted by Gasteiger charge is 2.29. The lowest BCUT2D eigenvalue weighted by molar-refractivity contribution is -0.121. The quantitative estimate of drug-likeness (QED) is 0.409. The minimum atomic E-state index is -0.272. The molecule has 2 aliphatic heterocycles. The number of amides is 2. The Morgan fingerprint density at radius 2 is 1.74 bits per heavy atom. The molecule has 0 N–H and O–H groups in total. The Morgan fingerprint density at radius 1 is 1.00 bits per heavy atom. The molecule has 3 aromatic rings. The lowest BCUT2D eigenvalue weighted by Crippen LogP contribution is -2.38. The van der Waals surface area contributed by atoms with Crippen molar-refractivity contribution in [2.24, 2.45) is 5.92 Å². The number of hydrogen-bond acceptors (Lipinski definition) is 7. The largest absolute Gasteiger partial charge is 0.497 e. The predicted octanol–water partition coefficient (Wildman–Crippen LogP) is 4.35. The van der Waals surface area contributed by atoms with E-state index in [4.69, 9.17) is 18.6 Å². The van der Waals surface area contributed by atoms with Crippen LogP contribution in [0.4, 0.5) is 5.69 Å². The first-order valence-electron chi connectivity index (χ1n) is 12.7. The molecule has 9 nitrogen and oxygen atoms in total. The van der Waals surface area contributed by atoms with E-state index in [1.165, 1.54) is 4.90 Å². The molecule has 3 heterocycles. The first-order valence-corrected chi connectivity index (χ1v) is 12.7. The van der Waals surface area contributed by atoms with Crippen LogP contribution in [0.5, 0.6) is 17.2 Å². The molecule has 5 rings (SSSR count). The van der Waals surface area contributed by atoms with Crippen LogP contribution in [-0.4, -0.2) is 55.9 Å². The number of rotatable bonds is 8. The number of carbonyl (C=O) groups is 3. The highest BCUT2D eigenvalue weighted by atomic mass is 16.5. The van der Waals surface area contributed by atoms with Crippen LogP contribution in [0, 0.1) is 5.92 Å². The summed E-state index contributed by atoms with van der Waals surface area (Å²) in [4.78, 5) is 41.8. The highest BCUT2D eigenvalue weighted by Crippen LogP contribution is 2.34. The maximum Gasteiger partial charge on any atom is 0.289 e. The summed E-state index contributed by atoms with van der Waals surface area (Å²) in [7, 11) is 1.58. The van der Waals surface area contributed by atoms with Gasteiger partial charge in [0.05, 0.1) is 19.3 Å². The molecule has 9 heteroatoms. The minimum absolute atomic E-state index is 0.111. The summed E-state index contributed by atoms with van der Waals surface area (Å²) in [6.45, 7) is 3.43. The lowest BCUT2D eigenvalue weighted by Gasteiger charge is -2.30. The third-order valence-corrected chi connectivity index (χ3v) is 6.91. The third kappa shape index (κ3) is 5.51. The normalized spacial score (nSPS) is 15.6. The number of furan rings is 1. The van der Waals surface area contributed by atoms with E-state index in [2.05, 4.69) is 6.92 Å². The first-order chi connectivity index (χ1) is 18.4. The van der Waals surface area contributed by atoms with Gasteiger partial charge in [0.2, 0.25) is 0 Å². The van der Waals surface area contributed by atoms with Gasteiger partial charge in [-0.2, -0.15) is 0 Å². The van der Waals surface area contributed by atoms with E-state index in [9.17, 15) is 14.4 Å². The number of benzene rings is 2. The van der Waals surface area contributed by atoms with Gasteiger partial charge >= 0.3 is 0 Å². The van der Waals surface area contributed by atoms with E-state index in [0.717, 1.165) is 12.8 Å². The van der Waals surface area contributed by atoms with Gasteiger partial charge in [0, 0.05) is 18.7 Å². The van der Waals surface area contributed by atoms with Crippen molar-refractivity contribution >= 4 is 23.3 Å². The average molecular weight is 519 g/mol. The second-order valence-corrected chi connectivity index (χ2v) is 9.58. The molecular weight excluding hydrogens is 488 g/mol. The van der Waals surface area contributed by atoms with Crippen LogP contribution in [0.15, 0.2) is 59.0 Å². The van der Waals surface area contributed by atoms with Gasteiger partial charge in [0.1, 0.15) is 23.0 Å². The Kier molecular flexibility index (Phi) is 7.35. The summed E-state index contributed by atoms with van der Waals surface area (Å²) >= 11 is 0. The molecule has 1 fully saturated rings. The molecule has 2 aliphatic rings. The SMILES string of the molecule is COc1ccc(OCC(=O)c2ccc3c(c2)N(Cc2ccc(C(=O)N4CCC(C)CC4)o2)C(=O)CO3)cc1. The molecule has 0 saturated carbocycles. The molecule has 0 aliphatic carbocycles. The number of hydrogen-bond donors (Lipinski definition) is 0. The zero-order valence-corrected chi connectivity index (χ0v) is 21.5. The molecule has 0 radical (unpaired) electrons. The molecule has 0 atom stereocenters. The number of likely N-dealkylation sites (tertiary alicyclic amines) is 1. The van der Waals surface area contributed by atoms with Crippen LogP contribution in [-0.2, 0) is 11.3 Å². The van der Waals surface area contributed by atoms with Gasteiger partial charge in [-0.05, 0) is 73.4 Å². The number of ketones is 1. The van der Waals surface area contributed by atoms with Gasteiger partial charge in [-0.25, -0.2) is 0 Å². The van der Waals surface area contributed by atoms with Gasteiger partial charge in [-0.1, -0.05) is 6.92 Å². The number of carbonyl (C=O) groups excluding carboxylic acids is 3. The Morgan fingerprint density at radius 3 is 2.47 bits per heavy atom. The second kappa shape index (κ2) is 11.0. The molecule has 2 amide bonds. The summed E-state index contributed by atoms with van der Waals surface area (Å²) in [5.74, 6) is 2.41. The molecule has 0 spiro atoms. The average Bonchev–Trinajstić information content (AvgIpc) is 3.42. The molecule has 2 aromatic carbocycles. The van der Waals surface area contributed by atoms with Crippen molar-refractivity contribution < 1.29 is 33.0 Å². The van der Waals surface area contributed by atoms with E-state index in [1.54, 1.807) is 61.7 Å². The van der Waals surface area contributed by atoms with Gasteiger partial charge in [0.25, 0.3) is 11.8 Å². The smallest absolute Gasteiger partial charge is 0.289 e. The van der Waals surface area contributed by atoms with E-state index in [0.29, 0.717) is 53.3 Å². The van der Waals surface area contributed by atoms with Crippen LogP contribution in [0.3, 0.4) is 0 Å². The van der Waals surface area contributed by atoms with E-state index in [1.807, 2.05) is 4.90 Å². The number of ether oxygens (including phenoxy) is 3. The number of fused-ring (bicyclic) bond motifs is 1. The molecule has 198 valence electrons. The first kappa shape index (κ1) is 25.4. The fraction of sp³-hybridized carbons (Fsp3) is 0.345. The van der Waals surface area contributed by atoms with Gasteiger partial charge in [-0.3, -0.25) is 19.3 Å². The van der Waals surface area contributed by atoms with Crippen LogP contribution >= 0.6 is 0 Å². The summed E-state index contributed by atoms with van der Waals surface area (Å²) < 4.78 is 22.2. The molecule has 1 saturated heterocycles. The van der Waals surface area contributed by atoms with E-state index >= 15 is 0 Å². The highest BCUT2D eigenvalue weighted by molar-refractivity contribution is 6.02. The Labute approximate surface area is 220 Å². The number of Topliss-reactive ketones (excluding diaryl/α,β-unsaturated/α-hetero) is 1. The van der Waals surface area contributed by atoms with Crippen LogP contribution in [0.2, 0.25) is 0 Å². The fourth-order valence-electron chi connectivity index (χ4n) is 4.55. The maximum absolute atomic E-state index is 12.9. The minimum Gasteiger partial charge on any atom is -0.497 e. The van der Waals surface area contributed by atoms with Crippen molar-refractivity contribution in [3.05, 3.63) is 71.7 Å². The monoisotopic (exact) mass is 518 g/mol.